The van der Waals surface area contributed by atoms with Gasteiger partial charge < -0.3 is 14.6 Å². The third-order valence-electron chi connectivity index (χ3n) is 6.13. The van der Waals surface area contributed by atoms with Gasteiger partial charge in [-0.25, -0.2) is 4.79 Å². The summed E-state index contributed by atoms with van der Waals surface area (Å²) >= 11 is 0. The highest BCUT2D eigenvalue weighted by Gasteiger charge is 2.35. The van der Waals surface area contributed by atoms with Gasteiger partial charge in [0.05, 0.1) is 17.7 Å². The molecule has 0 fully saturated rings. The minimum Gasteiger partial charge on any atom is -0.379 e. The van der Waals surface area contributed by atoms with Crippen LogP contribution in [-0.2, 0) is 4.74 Å². The second kappa shape index (κ2) is 10.2. The first kappa shape index (κ1) is 23.7. The standard InChI is InChI=1S/C27H32N4O3/c1-17(2)33-15-9-14-31-20(5)23(26-29-25(30-34-26)21-10-7-6-8-11-21)24(28-27(31)32)22-13-12-18(3)19(4)16-22/h6-8,10-13,16-17,24H,9,14-15H2,1-5H3,(H,28,32). The molecule has 1 aliphatic rings. The molecule has 2 heterocycles. The number of ether oxygens (including phenoxy) is 1. The molecule has 34 heavy (non-hydrogen) atoms. The molecule has 4 rings (SSSR count). The zero-order valence-corrected chi connectivity index (χ0v) is 20.5. The lowest BCUT2D eigenvalue weighted by molar-refractivity contribution is 0.0736. The Labute approximate surface area is 200 Å². The van der Waals surface area contributed by atoms with Gasteiger partial charge in [-0.15, -0.1) is 0 Å². The van der Waals surface area contributed by atoms with E-state index in [0.717, 1.165) is 34.4 Å². The molecule has 0 aliphatic carbocycles. The number of urea groups is 1. The summed E-state index contributed by atoms with van der Waals surface area (Å²) in [5, 5.41) is 7.39. The van der Waals surface area contributed by atoms with Crippen LogP contribution >= 0.6 is 0 Å². The average molecular weight is 461 g/mol. The molecule has 0 saturated carbocycles. The van der Waals surface area contributed by atoms with Crippen molar-refractivity contribution in [3.05, 3.63) is 76.8 Å². The van der Waals surface area contributed by atoms with E-state index in [-0.39, 0.29) is 18.2 Å². The summed E-state index contributed by atoms with van der Waals surface area (Å²) in [6.45, 7) is 11.2. The van der Waals surface area contributed by atoms with Crippen molar-refractivity contribution in [1.82, 2.24) is 20.4 Å². The Kier molecular flexibility index (Phi) is 7.12. The van der Waals surface area contributed by atoms with Crippen molar-refractivity contribution in [2.45, 2.75) is 53.2 Å². The molecule has 1 unspecified atom stereocenters. The van der Waals surface area contributed by atoms with E-state index < -0.39 is 0 Å². The number of aromatic nitrogens is 2. The Balaban J connectivity index is 1.73. The maximum atomic E-state index is 13.1. The van der Waals surface area contributed by atoms with Crippen LogP contribution in [0.2, 0.25) is 0 Å². The third kappa shape index (κ3) is 5.04. The summed E-state index contributed by atoms with van der Waals surface area (Å²) in [5.41, 5.74) is 5.83. The zero-order valence-electron chi connectivity index (χ0n) is 20.5. The molecular weight excluding hydrogens is 428 g/mol. The molecule has 0 saturated heterocycles. The minimum atomic E-state index is -0.390. The van der Waals surface area contributed by atoms with Crippen LogP contribution in [0.3, 0.4) is 0 Å². The van der Waals surface area contributed by atoms with Crippen LogP contribution in [0.25, 0.3) is 17.0 Å². The molecule has 1 aliphatic heterocycles. The summed E-state index contributed by atoms with van der Waals surface area (Å²) in [6, 6.07) is 15.4. The minimum absolute atomic E-state index is 0.142. The van der Waals surface area contributed by atoms with E-state index in [1.807, 2.05) is 57.2 Å². The van der Waals surface area contributed by atoms with Crippen molar-refractivity contribution in [3.8, 4) is 11.4 Å². The van der Waals surface area contributed by atoms with Crippen molar-refractivity contribution in [1.29, 1.82) is 0 Å². The van der Waals surface area contributed by atoms with Gasteiger partial charge in [-0.2, -0.15) is 4.98 Å². The van der Waals surface area contributed by atoms with E-state index >= 15 is 0 Å². The molecule has 0 radical (unpaired) electrons. The van der Waals surface area contributed by atoms with Crippen LogP contribution in [0.4, 0.5) is 4.79 Å². The van der Waals surface area contributed by atoms with Crippen molar-refractivity contribution < 1.29 is 14.1 Å². The Morgan fingerprint density at radius 3 is 2.56 bits per heavy atom. The first-order valence-electron chi connectivity index (χ1n) is 11.7. The molecule has 178 valence electrons. The van der Waals surface area contributed by atoms with E-state index in [4.69, 9.17) is 14.2 Å². The van der Waals surface area contributed by atoms with Gasteiger partial charge in [0.15, 0.2) is 0 Å². The fourth-order valence-electron chi connectivity index (χ4n) is 4.10. The van der Waals surface area contributed by atoms with Crippen molar-refractivity contribution in [2.24, 2.45) is 0 Å². The number of nitrogens with zero attached hydrogens (tertiary/aromatic N) is 3. The monoisotopic (exact) mass is 460 g/mol. The number of aryl methyl sites for hydroxylation is 2. The zero-order chi connectivity index (χ0) is 24.2. The van der Waals surface area contributed by atoms with E-state index in [0.29, 0.717) is 24.9 Å². The second-order valence-electron chi connectivity index (χ2n) is 8.94. The first-order valence-corrected chi connectivity index (χ1v) is 11.7. The van der Waals surface area contributed by atoms with E-state index in [1.54, 1.807) is 4.90 Å². The first-order chi connectivity index (χ1) is 16.3. The lowest BCUT2D eigenvalue weighted by Crippen LogP contribution is -2.46. The van der Waals surface area contributed by atoms with Gasteiger partial charge in [0, 0.05) is 24.4 Å². The number of rotatable bonds is 8. The van der Waals surface area contributed by atoms with E-state index in [1.165, 1.54) is 5.56 Å². The van der Waals surface area contributed by atoms with Crippen LogP contribution in [0, 0.1) is 13.8 Å². The van der Waals surface area contributed by atoms with Crippen LogP contribution in [0.15, 0.2) is 58.8 Å². The van der Waals surface area contributed by atoms with Gasteiger partial charge in [-0.1, -0.05) is 53.7 Å². The molecular formula is C27H32N4O3. The maximum absolute atomic E-state index is 13.1. The molecule has 7 nitrogen and oxygen atoms in total. The number of hydrogen-bond donors (Lipinski definition) is 1. The second-order valence-corrected chi connectivity index (χ2v) is 8.94. The number of allylic oxidation sites excluding steroid dienone is 1. The van der Waals surface area contributed by atoms with Gasteiger partial charge in [0.1, 0.15) is 0 Å². The van der Waals surface area contributed by atoms with Gasteiger partial charge in [-0.3, -0.25) is 4.90 Å². The molecule has 1 aromatic heterocycles. The maximum Gasteiger partial charge on any atom is 0.322 e. The largest absolute Gasteiger partial charge is 0.379 e. The van der Waals surface area contributed by atoms with E-state index in [9.17, 15) is 4.79 Å². The smallest absolute Gasteiger partial charge is 0.322 e. The van der Waals surface area contributed by atoms with Gasteiger partial charge in [-0.05, 0) is 57.7 Å². The molecule has 0 bridgehead atoms. The highest BCUT2D eigenvalue weighted by molar-refractivity contribution is 5.86. The molecule has 3 aromatic rings. The van der Waals surface area contributed by atoms with Crippen molar-refractivity contribution in [3.63, 3.8) is 0 Å². The quantitative estimate of drug-likeness (QED) is 0.438. The Bertz CT molecular complexity index is 1180. The number of hydrogen-bond acceptors (Lipinski definition) is 5. The Hall–Kier alpha value is -3.45. The summed E-state index contributed by atoms with van der Waals surface area (Å²) in [5.74, 6) is 0.923. The van der Waals surface area contributed by atoms with Crippen LogP contribution < -0.4 is 5.32 Å². The normalized spacial score (nSPS) is 16.4. The van der Waals surface area contributed by atoms with Crippen molar-refractivity contribution >= 4 is 11.6 Å². The fourth-order valence-corrected chi connectivity index (χ4v) is 4.10. The van der Waals surface area contributed by atoms with Gasteiger partial charge in [0.2, 0.25) is 5.82 Å². The summed E-state index contributed by atoms with van der Waals surface area (Å²) in [4.78, 5) is 19.6. The predicted molar refractivity (Wildman–Crippen MR) is 132 cm³/mol. The summed E-state index contributed by atoms with van der Waals surface area (Å²) in [7, 11) is 0. The highest BCUT2D eigenvalue weighted by Crippen LogP contribution is 2.37. The number of nitrogens with one attached hydrogen (secondary N) is 1. The SMILES string of the molecule is CC1=C(c2nc(-c3ccccc3)no2)C(c2ccc(C)c(C)c2)NC(=O)N1CCCOC(C)C. The highest BCUT2D eigenvalue weighted by atomic mass is 16.5. The molecule has 2 amide bonds. The summed E-state index contributed by atoms with van der Waals surface area (Å²) in [6.07, 6.45) is 0.884. The molecule has 1 atom stereocenters. The number of benzene rings is 2. The van der Waals surface area contributed by atoms with Gasteiger partial charge >= 0.3 is 6.03 Å². The fraction of sp³-hybridized carbons (Fsp3) is 0.370. The number of carbonyl (C=O) groups excluding carboxylic acids is 1. The molecule has 7 heteroatoms. The lowest BCUT2D eigenvalue weighted by Gasteiger charge is -2.35. The Morgan fingerprint density at radius 2 is 1.85 bits per heavy atom. The third-order valence-corrected chi connectivity index (χ3v) is 6.13. The van der Waals surface area contributed by atoms with Crippen LogP contribution in [0.5, 0.6) is 0 Å². The molecule has 0 spiro atoms. The number of carbonyl (C=O) groups is 1. The molecule has 2 aromatic carbocycles. The van der Waals surface area contributed by atoms with Crippen molar-refractivity contribution in [2.75, 3.05) is 13.2 Å². The molecule has 1 N–H and O–H groups in total. The van der Waals surface area contributed by atoms with E-state index in [2.05, 4.69) is 36.5 Å². The summed E-state index contributed by atoms with van der Waals surface area (Å²) < 4.78 is 11.4. The predicted octanol–water partition coefficient (Wildman–Crippen LogP) is 5.67. The van der Waals surface area contributed by atoms with Crippen LogP contribution in [0.1, 0.15) is 55.8 Å². The van der Waals surface area contributed by atoms with Gasteiger partial charge in [0.25, 0.3) is 5.89 Å². The Morgan fingerprint density at radius 1 is 1.09 bits per heavy atom. The lowest BCUT2D eigenvalue weighted by atomic mass is 9.92. The number of amides is 2. The topological polar surface area (TPSA) is 80.5 Å². The average Bonchev–Trinajstić information content (AvgIpc) is 3.30. The van der Waals surface area contributed by atoms with Crippen LogP contribution in [-0.4, -0.2) is 40.3 Å².